The SMILES string of the molecule is CN(C)C(=O)c1ccc(NC(=O)[C@H]2CC=CC[C@H]2C(=O)O)cc1. The van der Waals surface area contributed by atoms with Crippen molar-refractivity contribution in [3.63, 3.8) is 0 Å². The summed E-state index contributed by atoms with van der Waals surface area (Å²) in [6, 6.07) is 6.55. The number of anilines is 1. The Morgan fingerprint density at radius 2 is 1.61 bits per heavy atom. The molecule has 1 aromatic rings. The van der Waals surface area contributed by atoms with Crippen LogP contribution in [-0.2, 0) is 9.59 Å². The van der Waals surface area contributed by atoms with Crippen LogP contribution in [0.25, 0.3) is 0 Å². The molecule has 0 aromatic heterocycles. The molecule has 0 unspecified atom stereocenters. The number of allylic oxidation sites excluding steroid dienone is 2. The zero-order chi connectivity index (χ0) is 17.0. The van der Waals surface area contributed by atoms with Crippen molar-refractivity contribution >= 4 is 23.5 Å². The van der Waals surface area contributed by atoms with Gasteiger partial charge in [-0.2, -0.15) is 0 Å². The Labute approximate surface area is 134 Å². The number of rotatable bonds is 4. The number of carboxylic acids is 1. The molecule has 2 rings (SSSR count). The lowest BCUT2D eigenvalue weighted by Crippen LogP contribution is -2.34. The predicted molar refractivity (Wildman–Crippen MR) is 86.1 cm³/mol. The van der Waals surface area contributed by atoms with Crippen LogP contribution in [0, 0.1) is 11.8 Å². The normalized spacial score (nSPS) is 19.9. The van der Waals surface area contributed by atoms with E-state index in [0.29, 0.717) is 24.1 Å². The van der Waals surface area contributed by atoms with Gasteiger partial charge in [-0.05, 0) is 37.1 Å². The summed E-state index contributed by atoms with van der Waals surface area (Å²) >= 11 is 0. The molecule has 23 heavy (non-hydrogen) atoms. The van der Waals surface area contributed by atoms with Crippen LogP contribution in [0.1, 0.15) is 23.2 Å². The zero-order valence-electron chi connectivity index (χ0n) is 13.2. The molecule has 0 fully saturated rings. The van der Waals surface area contributed by atoms with Crippen LogP contribution in [-0.4, -0.2) is 41.9 Å². The third-order valence-corrected chi connectivity index (χ3v) is 3.89. The molecule has 1 aliphatic carbocycles. The van der Waals surface area contributed by atoms with Gasteiger partial charge in [-0.3, -0.25) is 14.4 Å². The molecule has 0 spiro atoms. The zero-order valence-corrected chi connectivity index (χ0v) is 13.2. The fraction of sp³-hybridized carbons (Fsp3) is 0.353. The second-order valence-corrected chi connectivity index (χ2v) is 5.76. The van der Waals surface area contributed by atoms with Crippen LogP contribution in [0.3, 0.4) is 0 Å². The van der Waals surface area contributed by atoms with E-state index in [4.69, 9.17) is 0 Å². The van der Waals surface area contributed by atoms with Gasteiger partial charge in [-0.25, -0.2) is 0 Å². The Kier molecular flexibility index (Phi) is 5.16. The van der Waals surface area contributed by atoms with Crippen molar-refractivity contribution in [3.05, 3.63) is 42.0 Å². The third-order valence-electron chi connectivity index (χ3n) is 3.89. The maximum absolute atomic E-state index is 12.3. The molecule has 2 N–H and O–H groups in total. The number of nitrogens with zero attached hydrogens (tertiary/aromatic N) is 1. The second kappa shape index (κ2) is 7.09. The largest absolute Gasteiger partial charge is 0.481 e. The minimum absolute atomic E-state index is 0.119. The first-order valence-corrected chi connectivity index (χ1v) is 7.40. The van der Waals surface area contributed by atoms with E-state index in [9.17, 15) is 19.5 Å². The molecule has 0 bridgehead atoms. The van der Waals surface area contributed by atoms with E-state index in [1.165, 1.54) is 4.90 Å². The van der Waals surface area contributed by atoms with Crippen LogP contribution >= 0.6 is 0 Å². The molecule has 0 radical (unpaired) electrons. The summed E-state index contributed by atoms with van der Waals surface area (Å²) in [4.78, 5) is 36.9. The standard InChI is InChI=1S/C17H20N2O4/c1-19(2)16(21)11-7-9-12(10-8-11)18-15(20)13-5-3-4-6-14(13)17(22)23/h3-4,7-10,13-14H,5-6H2,1-2H3,(H,18,20)(H,22,23)/t13-,14+/m0/s1. The lowest BCUT2D eigenvalue weighted by molar-refractivity contribution is -0.146. The van der Waals surface area contributed by atoms with Gasteiger partial charge >= 0.3 is 5.97 Å². The van der Waals surface area contributed by atoms with Crippen molar-refractivity contribution in [2.45, 2.75) is 12.8 Å². The topological polar surface area (TPSA) is 86.7 Å². The number of benzene rings is 1. The van der Waals surface area contributed by atoms with E-state index in [1.807, 2.05) is 6.08 Å². The van der Waals surface area contributed by atoms with Gasteiger partial charge in [0, 0.05) is 25.3 Å². The van der Waals surface area contributed by atoms with Crippen molar-refractivity contribution in [2.24, 2.45) is 11.8 Å². The molecule has 1 aromatic carbocycles. The average molecular weight is 316 g/mol. The van der Waals surface area contributed by atoms with Crippen LogP contribution in [0.15, 0.2) is 36.4 Å². The molecule has 1 aliphatic rings. The second-order valence-electron chi connectivity index (χ2n) is 5.76. The molecular weight excluding hydrogens is 296 g/mol. The average Bonchev–Trinajstić information content (AvgIpc) is 2.54. The number of amides is 2. The van der Waals surface area contributed by atoms with Gasteiger partial charge < -0.3 is 15.3 Å². The summed E-state index contributed by atoms with van der Waals surface area (Å²) in [7, 11) is 3.33. The summed E-state index contributed by atoms with van der Waals surface area (Å²) in [5.74, 6) is -2.67. The fourth-order valence-electron chi connectivity index (χ4n) is 2.57. The molecule has 0 heterocycles. The van der Waals surface area contributed by atoms with Crippen molar-refractivity contribution < 1.29 is 19.5 Å². The Bertz CT molecular complexity index is 634. The molecule has 0 saturated carbocycles. The first kappa shape index (κ1) is 16.7. The van der Waals surface area contributed by atoms with Crippen LogP contribution in [0.4, 0.5) is 5.69 Å². The van der Waals surface area contributed by atoms with E-state index in [0.717, 1.165) is 0 Å². The number of carbonyl (C=O) groups is 3. The number of carboxylic acid groups (broad SMARTS) is 1. The highest BCUT2D eigenvalue weighted by Gasteiger charge is 2.33. The monoisotopic (exact) mass is 316 g/mol. The number of hydrogen-bond donors (Lipinski definition) is 2. The molecule has 122 valence electrons. The van der Waals surface area contributed by atoms with Gasteiger partial charge in [0.2, 0.25) is 5.91 Å². The number of nitrogens with one attached hydrogen (secondary N) is 1. The molecule has 2 amide bonds. The van der Waals surface area contributed by atoms with Gasteiger partial charge in [0.1, 0.15) is 0 Å². The Hall–Kier alpha value is -2.63. The summed E-state index contributed by atoms with van der Waals surface area (Å²) < 4.78 is 0. The Morgan fingerprint density at radius 1 is 1.04 bits per heavy atom. The van der Waals surface area contributed by atoms with E-state index in [2.05, 4.69) is 5.32 Å². The lowest BCUT2D eigenvalue weighted by atomic mass is 9.82. The maximum Gasteiger partial charge on any atom is 0.307 e. The molecule has 6 nitrogen and oxygen atoms in total. The van der Waals surface area contributed by atoms with E-state index >= 15 is 0 Å². The smallest absolute Gasteiger partial charge is 0.307 e. The van der Waals surface area contributed by atoms with Crippen molar-refractivity contribution in [1.29, 1.82) is 0 Å². The number of hydrogen-bond acceptors (Lipinski definition) is 3. The minimum atomic E-state index is -0.957. The van der Waals surface area contributed by atoms with E-state index in [1.54, 1.807) is 44.4 Å². The van der Waals surface area contributed by atoms with Crippen LogP contribution < -0.4 is 5.32 Å². The first-order chi connectivity index (χ1) is 10.9. The molecule has 2 atom stereocenters. The Morgan fingerprint density at radius 3 is 2.13 bits per heavy atom. The van der Waals surface area contributed by atoms with Gasteiger partial charge in [0.05, 0.1) is 11.8 Å². The highest BCUT2D eigenvalue weighted by molar-refractivity contribution is 5.97. The number of aliphatic carboxylic acids is 1. The number of carbonyl (C=O) groups excluding carboxylic acids is 2. The predicted octanol–water partition coefficient (Wildman–Crippen LogP) is 1.99. The van der Waals surface area contributed by atoms with Crippen molar-refractivity contribution in [3.8, 4) is 0 Å². The lowest BCUT2D eigenvalue weighted by Gasteiger charge is -2.24. The molecule has 0 saturated heterocycles. The Balaban J connectivity index is 2.06. The van der Waals surface area contributed by atoms with Gasteiger partial charge in [0.15, 0.2) is 0 Å². The quantitative estimate of drug-likeness (QED) is 0.832. The highest BCUT2D eigenvalue weighted by Crippen LogP contribution is 2.27. The van der Waals surface area contributed by atoms with Gasteiger partial charge in [0.25, 0.3) is 5.91 Å². The van der Waals surface area contributed by atoms with Crippen LogP contribution in [0.2, 0.25) is 0 Å². The molecular formula is C17H20N2O4. The third kappa shape index (κ3) is 3.97. The minimum Gasteiger partial charge on any atom is -0.481 e. The first-order valence-electron chi connectivity index (χ1n) is 7.40. The maximum atomic E-state index is 12.3. The van der Waals surface area contributed by atoms with Crippen LogP contribution in [0.5, 0.6) is 0 Å². The van der Waals surface area contributed by atoms with E-state index in [-0.39, 0.29) is 11.8 Å². The summed E-state index contributed by atoms with van der Waals surface area (Å²) in [6.45, 7) is 0. The fourth-order valence-corrected chi connectivity index (χ4v) is 2.57. The van der Waals surface area contributed by atoms with Gasteiger partial charge in [-0.1, -0.05) is 12.2 Å². The molecule has 6 heteroatoms. The van der Waals surface area contributed by atoms with Crippen molar-refractivity contribution in [1.82, 2.24) is 4.90 Å². The van der Waals surface area contributed by atoms with Gasteiger partial charge in [-0.15, -0.1) is 0 Å². The highest BCUT2D eigenvalue weighted by atomic mass is 16.4. The molecule has 0 aliphatic heterocycles. The van der Waals surface area contributed by atoms with E-state index < -0.39 is 17.8 Å². The summed E-state index contributed by atoms with van der Waals surface area (Å²) in [6.07, 6.45) is 4.41. The summed E-state index contributed by atoms with van der Waals surface area (Å²) in [5, 5.41) is 11.9. The van der Waals surface area contributed by atoms with Crippen molar-refractivity contribution in [2.75, 3.05) is 19.4 Å². The summed E-state index contributed by atoms with van der Waals surface area (Å²) in [5.41, 5.74) is 1.07.